The molecule has 2 nitrogen and oxygen atoms in total. The van der Waals surface area contributed by atoms with Crippen molar-refractivity contribution in [3.8, 4) is 0 Å². The number of halogens is 2. The van der Waals surface area contributed by atoms with Crippen LogP contribution in [-0.2, 0) is 0 Å². The summed E-state index contributed by atoms with van der Waals surface area (Å²) in [6.45, 7) is 28.0. The number of unbranched alkanes of at least 4 members (excludes halogenated alkanes) is 6. The fourth-order valence-electron chi connectivity index (χ4n) is 6.76. The summed E-state index contributed by atoms with van der Waals surface area (Å²) in [5.41, 5.74) is 0. The van der Waals surface area contributed by atoms with Crippen LogP contribution in [0.25, 0.3) is 0 Å². The number of hydrogen-bond acceptors (Lipinski definition) is 0. The molecule has 4 heteroatoms. The third kappa shape index (κ3) is 14.3. The van der Waals surface area contributed by atoms with E-state index in [1.807, 2.05) is 0 Å². The largest absolute Gasteiger partial charge is 1.00 e. The smallest absolute Gasteiger partial charge is 0.141 e. The van der Waals surface area contributed by atoms with Gasteiger partial charge in [0.1, 0.15) is 12.1 Å². The van der Waals surface area contributed by atoms with Crippen molar-refractivity contribution < 1.29 is 42.9 Å². The molecule has 0 aliphatic heterocycles. The lowest BCUT2D eigenvalue weighted by Gasteiger charge is -2.55. The lowest BCUT2D eigenvalue weighted by atomic mass is 9.88. The quantitative estimate of drug-likeness (QED) is 0.133. The molecule has 0 saturated heterocycles. The highest BCUT2D eigenvalue weighted by atomic mass is 79.9. The van der Waals surface area contributed by atoms with Gasteiger partial charge in [-0.1, -0.05) is 107 Å². The molecule has 0 spiro atoms. The predicted molar refractivity (Wildman–Crippen MR) is 157 cm³/mol. The highest BCUT2D eigenvalue weighted by Gasteiger charge is 2.49. The Hall–Kier alpha value is 0.880. The molecule has 2 unspecified atom stereocenters. The average molecular weight is 643 g/mol. The highest BCUT2D eigenvalue weighted by Crippen LogP contribution is 2.35. The van der Waals surface area contributed by atoms with Crippen LogP contribution in [-0.4, -0.2) is 60.3 Å². The Morgan fingerprint density at radius 3 is 0.667 bits per heavy atom. The highest BCUT2D eigenvalue weighted by molar-refractivity contribution is 4.76. The second-order valence-electron chi connectivity index (χ2n) is 11.6. The first kappa shape index (κ1) is 41.4. The van der Waals surface area contributed by atoms with Crippen molar-refractivity contribution in [2.24, 2.45) is 0 Å². The second kappa shape index (κ2) is 26.1. The van der Waals surface area contributed by atoms with Gasteiger partial charge in [0, 0.05) is 12.8 Å². The van der Waals surface area contributed by atoms with E-state index in [1.165, 1.54) is 151 Å². The first-order valence-electron chi connectivity index (χ1n) is 16.2. The Morgan fingerprint density at radius 1 is 0.333 bits per heavy atom. The summed E-state index contributed by atoms with van der Waals surface area (Å²) in [6.07, 6.45) is 22.1. The number of quaternary nitrogens is 2. The minimum atomic E-state index is 0. The number of nitrogens with zero attached hydrogens (tertiary/aromatic N) is 2. The van der Waals surface area contributed by atoms with Gasteiger partial charge in [0.2, 0.25) is 0 Å². The summed E-state index contributed by atoms with van der Waals surface area (Å²) in [5, 5.41) is 0. The van der Waals surface area contributed by atoms with Crippen molar-refractivity contribution in [2.75, 3.05) is 39.3 Å². The van der Waals surface area contributed by atoms with E-state index < -0.39 is 0 Å². The third-order valence-electron chi connectivity index (χ3n) is 8.76. The van der Waals surface area contributed by atoms with Crippen LogP contribution in [0.3, 0.4) is 0 Å². The minimum absolute atomic E-state index is 0. The van der Waals surface area contributed by atoms with Gasteiger partial charge in [0.15, 0.2) is 0 Å². The van der Waals surface area contributed by atoms with E-state index in [9.17, 15) is 0 Å². The van der Waals surface area contributed by atoms with Crippen molar-refractivity contribution in [3.05, 3.63) is 0 Å². The van der Waals surface area contributed by atoms with Crippen molar-refractivity contribution in [2.45, 2.75) is 170 Å². The van der Waals surface area contributed by atoms with Crippen molar-refractivity contribution in [1.82, 2.24) is 0 Å². The van der Waals surface area contributed by atoms with Crippen LogP contribution in [0.4, 0.5) is 0 Å². The fourth-order valence-corrected chi connectivity index (χ4v) is 6.76. The average Bonchev–Trinajstić information content (AvgIpc) is 2.86. The molecule has 0 rings (SSSR count). The molecule has 0 N–H and O–H groups in total. The normalized spacial score (nSPS) is 13.7. The fraction of sp³-hybridized carbons (Fsp3) is 1.00. The minimum Gasteiger partial charge on any atom is -1.00 e. The molecule has 0 saturated carbocycles. The van der Waals surface area contributed by atoms with Gasteiger partial charge in [0.25, 0.3) is 0 Å². The zero-order valence-electron chi connectivity index (χ0n) is 26.4. The Balaban J connectivity index is -0.00000544. The molecule has 36 heavy (non-hydrogen) atoms. The summed E-state index contributed by atoms with van der Waals surface area (Å²) in [5.74, 6) is 0. The first-order chi connectivity index (χ1) is 16.5. The van der Waals surface area contributed by atoms with Crippen LogP contribution in [0.5, 0.6) is 0 Å². The summed E-state index contributed by atoms with van der Waals surface area (Å²) < 4.78 is 2.89. The molecule has 0 aromatic heterocycles. The summed E-state index contributed by atoms with van der Waals surface area (Å²) in [4.78, 5) is 0. The van der Waals surface area contributed by atoms with E-state index in [2.05, 4.69) is 55.4 Å². The van der Waals surface area contributed by atoms with Crippen LogP contribution >= 0.6 is 0 Å². The van der Waals surface area contributed by atoms with Crippen molar-refractivity contribution >= 4 is 0 Å². The Morgan fingerprint density at radius 2 is 0.528 bits per heavy atom. The van der Waals surface area contributed by atoms with Gasteiger partial charge in [-0.05, 0) is 38.5 Å². The van der Waals surface area contributed by atoms with Gasteiger partial charge in [-0.2, -0.15) is 0 Å². The number of rotatable bonds is 25. The van der Waals surface area contributed by atoms with Gasteiger partial charge in [-0.3, -0.25) is 0 Å². The van der Waals surface area contributed by atoms with E-state index in [0.717, 1.165) is 12.1 Å². The van der Waals surface area contributed by atoms with E-state index in [1.54, 1.807) is 0 Å². The molecule has 0 radical (unpaired) electrons. The van der Waals surface area contributed by atoms with Crippen LogP contribution < -0.4 is 34.0 Å². The Labute approximate surface area is 251 Å². The summed E-state index contributed by atoms with van der Waals surface area (Å²) >= 11 is 0. The molecule has 0 bridgehead atoms. The maximum Gasteiger partial charge on any atom is 0.141 e. The molecular weight excluding hydrogens is 572 g/mol. The standard InChI is InChI=1S/C32H70N2.2BrH/c1-9-17-25-33(26-18-10-2,27-19-11-3)31(23-15-7)32(24-16-8)34(28-20-12-4,29-21-13-5)30-22-14-6;;/h31-32H,9-30H2,1-8H3;2*1H/q+2;;/p-2. The van der Waals surface area contributed by atoms with Gasteiger partial charge < -0.3 is 42.9 Å². The predicted octanol–water partition coefficient (Wildman–Crippen LogP) is 3.77. The molecule has 0 aliphatic rings. The van der Waals surface area contributed by atoms with Gasteiger partial charge in [-0.15, -0.1) is 0 Å². The summed E-state index contributed by atoms with van der Waals surface area (Å²) in [7, 11) is 0. The molecule has 0 amide bonds. The van der Waals surface area contributed by atoms with Crippen LogP contribution in [0.15, 0.2) is 0 Å². The van der Waals surface area contributed by atoms with E-state index in [-0.39, 0.29) is 34.0 Å². The van der Waals surface area contributed by atoms with Crippen LogP contribution in [0, 0.1) is 0 Å². The van der Waals surface area contributed by atoms with Gasteiger partial charge in [0.05, 0.1) is 39.3 Å². The molecule has 0 heterocycles. The molecule has 2 atom stereocenters. The molecule has 0 aromatic rings. The van der Waals surface area contributed by atoms with E-state index in [0.29, 0.717) is 0 Å². The monoisotopic (exact) mass is 640 g/mol. The second-order valence-corrected chi connectivity index (χ2v) is 11.6. The van der Waals surface area contributed by atoms with Crippen LogP contribution in [0.1, 0.15) is 158 Å². The third-order valence-corrected chi connectivity index (χ3v) is 8.76. The molecular formula is C32H70Br2N2. The lowest BCUT2D eigenvalue weighted by Crippen LogP contribution is -3.00. The summed E-state index contributed by atoms with van der Waals surface area (Å²) in [6, 6.07) is 1.69. The van der Waals surface area contributed by atoms with Crippen molar-refractivity contribution in [3.63, 3.8) is 0 Å². The zero-order chi connectivity index (χ0) is 25.7. The van der Waals surface area contributed by atoms with E-state index >= 15 is 0 Å². The molecule has 222 valence electrons. The zero-order valence-corrected chi connectivity index (χ0v) is 29.5. The number of hydrogen-bond donors (Lipinski definition) is 0. The van der Waals surface area contributed by atoms with Crippen molar-refractivity contribution in [1.29, 1.82) is 0 Å². The lowest BCUT2D eigenvalue weighted by molar-refractivity contribution is -1.02. The van der Waals surface area contributed by atoms with E-state index in [4.69, 9.17) is 0 Å². The maximum atomic E-state index is 2.48. The Kier molecular flexibility index (Phi) is 30.0. The van der Waals surface area contributed by atoms with Crippen LogP contribution in [0.2, 0.25) is 0 Å². The Bertz CT molecular complexity index is 360. The molecule has 0 fully saturated rings. The first-order valence-corrected chi connectivity index (χ1v) is 16.2. The molecule has 0 aliphatic carbocycles. The molecule has 0 aromatic carbocycles. The topological polar surface area (TPSA) is 0 Å². The maximum absolute atomic E-state index is 2.48. The SMILES string of the molecule is CCCC[N+](CCCC)(CCCC)C(CCC)C(CCC)[N+](CCCC)(CCCC)CCCC.[Br-].[Br-]. The van der Waals surface area contributed by atoms with Gasteiger partial charge in [-0.25, -0.2) is 0 Å². The van der Waals surface area contributed by atoms with Gasteiger partial charge >= 0.3 is 0 Å².